The van der Waals surface area contributed by atoms with Crippen molar-refractivity contribution in [3.63, 3.8) is 0 Å². The van der Waals surface area contributed by atoms with Crippen molar-refractivity contribution in [1.82, 2.24) is 0 Å². The maximum Gasteiger partial charge on any atom is 0.0737 e. The molecule has 0 aromatic heterocycles. The Bertz CT molecular complexity index is 258. The summed E-state index contributed by atoms with van der Waals surface area (Å²) < 4.78 is 0. The van der Waals surface area contributed by atoms with Crippen LogP contribution in [0.4, 0.5) is 0 Å². The van der Waals surface area contributed by atoms with E-state index in [1.807, 2.05) is 24.3 Å². The maximum atomic E-state index is 8.27. The topological polar surface area (TPSA) is 58.6 Å². The number of nitrogens with two attached hydrogens (primary N) is 1. The van der Waals surface area contributed by atoms with Crippen molar-refractivity contribution in [3.05, 3.63) is 35.4 Å². The molecule has 0 spiro atoms. The van der Waals surface area contributed by atoms with Gasteiger partial charge >= 0.3 is 0 Å². The predicted octanol–water partition coefficient (Wildman–Crippen LogP) is 0.953. The van der Waals surface area contributed by atoms with Crippen molar-refractivity contribution in [3.8, 4) is 0 Å². The van der Waals surface area contributed by atoms with Gasteiger partial charge in [0.15, 0.2) is 0 Å². The van der Waals surface area contributed by atoms with E-state index in [1.54, 1.807) is 0 Å². The Morgan fingerprint density at radius 1 is 1.45 bits per heavy atom. The van der Waals surface area contributed by atoms with Crippen molar-refractivity contribution in [2.75, 3.05) is 0 Å². The van der Waals surface area contributed by atoms with Crippen molar-refractivity contribution in [1.29, 1.82) is 0 Å². The highest BCUT2D eigenvalue weighted by atomic mass is 16.4. The molecule has 0 amide bonds. The summed E-state index contributed by atoms with van der Waals surface area (Å²) in [5, 5.41) is 11.2. The van der Waals surface area contributed by atoms with E-state index in [0.29, 0.717) is 6.54 Å². The molecule has 0 radical (unpaired) electrons. The fourth-order valence-electron chi connectivity index (χ4n) is 0.908. The third-order valence-electron chi connectivity index (χ3n) is 1.47. The lowest BCUT2D eigenvalue weighted by Gasteiger charge is -1.99. The largest absolute Gasteiger partial charge is 0.411 e. The van der Waals surface area contributed by atoms with E-state index in [-0.39, 0.29) is 0 Å². The quantitative estimate of drug-likeness (QED) is 0.374. The van der Waals surface area contributed by atoms with Gasteiger partial charge in [0.05, 0.1) is 6.21 Å². The highest BCUT2D eigenvalue weighted by Gasteiger charge is 1.94. The second kappa shape index (κ2) is 3.73. The zero-order valence-electron chi connectivity index (χ0n) is 6.07. The smallest absolute Gasteiger partial charge is 0.0737 e. The Labute approximate surface area is 65.1 Å². The monoisotopic (exact) mass is 150 g/mol. The first kappa shape index (κ1) is 7.75. The summed E-state index contributed by atoms with van der Waals surface area (Å²) in [7, 11) is 0. The highest BCUT2D eigenvalue weighted by Crippen LogP contribution is 2.04. The van der Waals surface area contributed by atoms with Crippen LogP contribution in [0.2, 0.25) is 0 Å². The van der Waals surface area contributed by atoms with Gasteiger partial charge in [0.1, 0.15) is 0 Å². The van der Waals surface area contributed by atoms with Crippen molar-refractivity contribution >= 4 is 6.21 Å². The summed E-state index contributed by atoms with van der Waals surface area (Å²) >= 11 is 0. The molecule has 0 saturated heterocycles. The third kappa shape index (κ3) is 1.78. The third-order valence-corrected chi connectivity index (χ3v) is 1.47. The first-order valence-electron chi connectivity index (χ1n) is 3.34. The molecule has 58 valence electrons. The van der Waals surface area contributed by atoms with Gasteiger partial charge in [0, 0.05) is 12.1 Å². The minimum Gasteiger partial charge on any atom is -0.411 e. The molecule has 0 aliphatic carbocycles. The predicted molar refractivity (Wildman–Crippen MR) is 43.7 cm³/mol. The summed E-state index contributed by atoms with van der Waals surface area (Å²) in [6, 6.07) is 7.52. The average Bonchev–Trinajstić information content (AvgIpc) is 2.06. The summed E-state index contributed by atoms with van der Waals surface area (Å²) in [4.78, 5) is 0. The zero-order valence-corrected chi connectivity index (χ0v) is 6.07. The van der Waals surface area contributed by atoms with Crippen molar-refractivity contribution < 1.29 is 5.21 Å². The van der Waals surface area contributed by atoms with Crippen molar-refractivity contribution in [2.24, 2.45) is 10.9 Å². The van der Waals surface area contributed by atoms with Crippen LogP contribution in [0.1, 0.15) is 11.1 Å². The summed E-state index contributed by atoms with van der Waals surface area (Å²) in [6.45, 7) is 0.461. The van der Waals surface area contributed by atoms with Gasteiger partial charge in [0.2, 0.25) is 0 Å². The number of oxime groups is 1. The molecule has 0 unspecified atom stereocenters. The van der Waals surface area contributed by atoms with E-state index in [2.05, 4.69) is 5.16 Å². The van der Waals surface area contributed by atoms with Gasteiger partial charge in [0.25, 0.3) is 0 Å². The highest BCUT2D eigenvalue weighted by molar-refractivity contribution is 5.81. The van der Waals surface area contributed by atoms with Gasteiger partial charge in [-0.05, 0) is 5.56 Å². The standard InChI is InChI=1S/C8H10N2O/c9-5-7-3-1-2-4-8(7)6-10-11/h1-4,6,11H,5,9H2. The fraction of sp³-hybridized carbons (Fsp3) is 0.125. The van der Waals surface area contributed by atoms with Crippen molar-refractivity contribution in [2.45, 2.75) is 6.54 Å². The van der Waals surface area contributed by atoms with Gasteiger partial charge in [-0.3, -0.25) is 0 Å². The average molecular weight is 150 g/mol. The van der Waals surface area contributed by atoms with E-state index in [1.165, 1.54) is 6.21 Å². The Balaban J connectivity index is 3.02. The lowest BCUT2D eigenvalue weighted by atomic mass is 10.1. The Morgan fingerprint density at radius 2 is 2.18 bits per heavy atom. The van der Waals surface area contributed by atoms with Gasteiger partial charge in [-0.15, -0.1) is 0 Å². The molecule has 0 aliphatic rings. The summed E-state index contributed by atoms with van der Waals surface area (Å²) in [5.74, 6) is 0. The molecule has 1 rings (SSSR count). The second-order valence-electron chi connectivity index (χ2n) is 2.15. The molecule has 0 aliphatic heterocycles. The minimum absolute atomic E-state index is 0.461. The number of hydrogen-bond donors (Lipinski definition) is 2. The Hall–Kier alpha value is -1.35. The first-order valence-corrected chi connectivity index (χ1v) is 3.34. The molecule has 0 heterocycles. The second-order valence-corrected chi connectivity index (χ2v) is 2.15. The van der Waals surface area contributed by atoms with Crippen LogP contribution in [0.3, 0.4) is 0 Å². The number of rotatable bonds is 2. The lowest BCUT2D eigenvalue weighted by Crippen LogP contribution is -2.00. The maximum absolute atomic E-state index is 8.27. The van der Waals surface area contributed by atoms with Crippen LogP contribution in [-0.2, 0) is 6.54 Å². The molecule has 11 heavy (non-hydrogen) atoms. The molecule has 0 saturated carbocycles. The molecule has 0 bridgehead atoms. The molecule has 1 aromatic rings. The Kier molecular flexibility index (Phi) is 2.63. The number of hydrogen-bond acceptors (Lipinski definition) is 3. The molecule has 0 atom stereocenters. The van der Waals surface area contributed by atoms with Gasteiger partial charge in [-0.25, -0.2) is 0 Å². The zero-order chi connectivity index (χ0) is 8.10. The van der Waals surface area contributed by atoms with Gasteiger partial charge < -0.3 is 10.9 Å². The van der Waals surface area contributed by atoms with Crippen LogP contribution in [0.15, 0.2) is 29.4 Å². The molecular weight excluding hydrogens is 140 g/mol. The molecule has 1 aromatic carbocycles. The van der Waals surface area contributed by atoms with E-state index >= 15 is 0 Å². The number of benzene rings is 1. The van der Waals surface area contributed by atoms with Crippen LogP contribution in [0.5, 0.6) is 0 Å². The van der Waals surface area contributed by atoms with Crippen LogP contribution < -0.4 is 5.73 Å². The molecular formula is C8H10N2O. The Morgan fingerprint density at radius 3 is 2.82 bits per heavy atom. The van der Waals surface area contributed by atoms with Crippen LogP contribution >= 0.6 is 0 Å². The van der Waals surface area contributed by atoms with E-state index in [0.717, 1.165) is 11.1 Å². The lowest BCUT2D eigenvalue weighted by molar-refractivity contribution is 0.322. The first-order chi connectivity index (χ1) is 5.38. The minimum atomic E-state index is 0.461. The van der Waals surface area contributed by atoms with E-state index in [4.69, 9.17) is 10.9 Å². The molecule has 3 N–H and O–H groups in total. The summed E-state index contributed by atoms with van der Waals surface area (Å²) in [6.07, 6.45) is 1.38. The van der Waals surface area contributed by atoms with E-state index < -0.39 is 0 Å². The normalized spacial score (nSPS) is 10.6. The van der Waals surface area contributed by atoms with Crippen LogP contribution in [0.25, 0.3) is 0 Å². The molecule has 0 fully saturated rings. The molecule has 3 heteroatoms. The number of nitrogens with zero attached hydrogens (tertiary/aromatic N) is 1. The fourth-order valence-corrected chi connectivity index (χ4v) is 0.908. The van der Waals surface area contributed by atoms with E-state index in [9.17, 15) is 0 Å². The van der Waals surface area contributed by atoms with Crippen LogP contribution in [0, 0.1) is 0 Å². The summed E-state index contributed by atoms with van der Waals surface area (Å²) in [5.41, 5.74) is 7.27. The van der Waals surface area contributed by atoms with Crippen LogP contribution in [-0.4, -0.2) is 11.4 Å². The van der Waals surface area contributed by atoms with Gasteiger partial charge in [-0.1, -0.05) is 29.4 Å². The SMILES string of the molecule is NCc1ccccc1C=NO. The molecule has 3 nitrogen and oxygen atoms in total. The van der Waals surface area contributed by atoms with Gasteiger partial charge in [-0.2, -0.15) is 0 Å².